The van der Waals surface area contributed by atoms with Crippen molar-refractivity contribution in [1.29, 1.82) is 0 Å². The van der Waals surface area contributed by atoms with Crippen LogP contribution in [0, 0.1) is 0 Å². The molecule has 0 fully saturated rings. The monoisotopic (exact) mass is 323 g/mol. The maximum Gasteiger partial charge on any atom is 0.123 e. The highest BCUT2D eigenvalue weighted by molar-refractivity contribution is 5.61. The molecule has 0 saturated carbocycles. The SMILES string of the molecule is COc1ccc(-c2cn(Cc3ccncc3)nn2)cc1CN(C)C. The Kier molecular flexibility index (Phi) is 4.86. The topological polar surface area (TPSA) is 56.1 Å². The van der Waals surface area contributed by atoms with Crippen molar-refractivity contribution >= 4 is 0 Å². The van der Waals surface area contributed by atoms with Gasteiger partial charge in [-0.25, -0.2) is 4.68 Å². The van der Waals surface area contributed by atoms with Crippen LogP contribution in [0.25, 0.3) is 11.3 Å². The summed E-state index contributed by atoms with van der Waals surface area (Å²) in [5.41, 5.74) is 4.16. The molecule has 0 amide bonds. The number of aromatic nitrogens is 4. The van der Waals surface area contributed by atoms with E-state index in [-0.39, 0.29) is 0 Å². The van der Waals surface area contributed by atoms with Gasteiger partial charge in [0.1, 0.15) is 11.4 Å². The van der Waals surface area contributed by atoms with Gasteiger partial charge in [-0.05, 0) is 50.0 Å². The Bertz CT molecular complexity index is 798. The summed E-state index contributed by atoms with van der Waals surface area (Å²) in [6.07, 6.45) is 5.52. The van der Waals surface area contributed by atoms with Gasteiger partial charge in [-0.2, -0.15) is 0 Å². The molecule has 24 heavy (non-hydrogen) atoms. The predicted molar refractivity (Wildman–Crippen MR) is 92.7 cm³/mol. The lowest BCUT2D eigenvalue weighted by molar-refractivity contribution is 0.372. The number of benzene rings is 1. The molecule has 0 unspecified atom stereocenters. The highest BCUT2D eigenvalue weighted by Gasteiger charge is 2.10. The van der Waals surface area contributed by atoms with Crippen molar-refractivity contribution in [2.24, 2.45) is 0 Å². The van der Waals surface area contributed by atoms with E-state index >= 15 is 0 Å². The third kappa shape index (κ3) is 3.78. The number of pyridine rings is 1. The van der Waals surface area contributed by atoms with Crippen molar-refractivity contribution in [3.8, 4) is 17.0 Å². The Morgan fingerprint density at radius 2 is 1.92 bits per heavy atom. The second-order valence-corrected chi connectivity index (χ2v) is 5.92. The van der Waals surface area contributed by atoms with E-state index in [1.807, 2.05) is 49.2 Å². The maximum atomic E-state index is 5.45. The number of hydrogen-bond donors (Lipinski definition) is 0. The second-order valence-electron chi connectivity index (χ2n) is 5.92. The second kappa shape index (κ2) is 7.23. The van der Waals surface area contributed by atoms with Crippen LogP contribution in [0.3, 0.4) is 0 Å². The van der Waals surface area contributed by atoms with E-state index in [9.17, 15) is 0 Å². The van der Waals surface area contributed by atoms with Crippen molar-refractivity contribution in [3.63, 3.8) is 0 Å². The van der Waals surface area contributed by atoms with Crippen molar-refractivity contribution in [3.05, 3.63) is 60.0 Å². The van der Waals surface area contributed by atoms with Crippen LogP contribution in [-0.2, 0) is 13.1 Å². The number of ether oxygens (including phenoxy) is 1. The Labute approximate surface area is 141 Å². The molecule has 0 radical (unpaired) electrons. The average Bonchev–Trinajstić information content (AvgIpc) is 3.03. The van der Waals surface area contributed by atoms with Crippen LogP contribution in [-0.4, -0.2) is 46.1 Å². The van der Waals surface area contributed by atoms with Crippen molar-refractivity contribution < 1.29 is 4.74 Å². The minimum atomic E-state index is 0.677. The van der Waals surface area contributed by atoms with Crippen LogP contribution < -0.4 is 4.74 Å². The zero-order valence-corrected chi connectivity index (χ0v) is 14.2. The van der Waals surface area contributed by atoms with E-state index in [1.54, 1.807) is 19.5 Å². The van der Waals surface area contributed by atoms with Gasteiger partial charge in [-0.3, -0.25) is 4.98 Å². The molecule has 1 aromatic carbocycles. The summed E-state index contributed by atoms with van der Waals surface area (Å²) >= 11 is 0. The summed E-state index contributed by atoms with van der Waals surface area (Å²) in [5.74, 6) is 0.886. The fourth-order valence-electron chi connectivity index (χ4n) is 2.59. The summed E-state index contributed by atoms with van der Waals surface area (Å²) in [6.45, 7) is 1.48. The Morgan fingerprint density at radius 3 is 2.62 bits per heavy atom. The first kappa shape index (κ1) is 16.1. The normalized spacial score (nSPS) is 11.0. The molecular weight excluding hydrogens is 302 g/mol. The molecule has 0 N–H and O–H groups in total. The molecule has 0 spiro atoms. The number of nitrogens with zero attached hydrogens (tertiary/aromatic N) is 5. The molecule has 6 heteroatoms. The van der Waals surface area contributed by atoms with Gasteiger partial charge in [-0.15, -0.1) is 5.10 Å². The van der Waals surface area contributed by atoms with E-state index < -0.39 is 0 Å². The molecule has 0 aliphatic carbocycles. The van der Waals surface area contributed by atoms with Crippen molar-refractivity contribution in [1.82, 2.24) is 24.9 Å². The van der Waals surface area contributed by atoms with Crippen molar-refractivity contribution in [2.75, 3.05) is 21.2 Å². The van der Waals surface area contributed by atoms with Gasteiger partial charge >= 0.3 is 0 Å². The van der Waals surface area contributed by atoms with E-state index in [4.69, 9.17) is 4.74 Å². The number of rotatable bonds is 6. The van der Waals surface area contributed by atoms with Gasteiger partial charge in [0.05, 0.1) is 19.9 Å². The van der Waals surface area contributed by atoms with Gasteiger partial charge in [0.25, 0.3) is 0 Å². The molecular formula is C18H21N5O. The van der Waals surface area contributed by atoms with E-state index in [0.29, 0.717) is 6.54 Å². The van der Waals surface area contributed by atoms with Gasteiger partial charge in [0, 0.05) is 30.1 Å². The fraction of sp³-hybridized carbons (Fsp3) is 0.278. The maximum absolute atomic E-state index is 5.45. The first-order chi connectivity index (χ1) is 11.7. The lowest BCUT2D eigenvalue weighted by Gasteiger charge is -2.14. The van der Waals surface area contributed by atoms with Crippen LogP contribution in [0.2, 0.25) is 0 Å². The smallest absolute Gasteiger partial charge is 0.123 e. The minimum absolute atomic E-state index is 0.677. The predicted octanol–water partition coefficient (Wildman–Crippen LogP) is 2.46. The molecule has 0 aliphatic rings. The molecule has 0 bridgehead atoms. The highest BCUT2D eigenvalue weighted by Crippen LogP contribution is 2.26. The first-order valence-corrected chi connectivity index (χ1v) is 7.77. The van der Waals surface area contributed by atoms with Gasteiger partial charge < -0.3 is 9.64 Å². The highest BCUT2D eigenvalue weighted by atomic mass is 16.5. The summed E-state index contributed by atoms with van der Waals surface area (Å²) in [7, 11) is 5.77. The molecule has 124 valence electrons. The molecule has 0 atom stereocenters. The molecule has 3 aromatic rings. The molecule has 2 aromatic heterocycles. The van der Waals surface area contributed by atoms with E-state index in [2.05, 4.69) is 26.3 Å². The van der Waals surface area contributed by atoms with E-state index in [1.165, 1.54) is 0 Å². The third-order valence-corrected chi connectivity index (χ3v) is 3.70. The summed E-state index contributed by atoms with van der Waals surface area (Å²) in [5, 5.41) is 8.53. The molecule has 2 heterocycles. The van der Waals surface area contributed by atoms with E-state index in [0.717, 1.165) is 34.7 Å². The fourth-order valence-corrected chi connectivity index (χ4v) is 2.59. The minimum Gasteiger partial charge on any atom is -0.496 e. The largest absolute Gasteiger partial charge is 0.496 e. The van der Waals surface area contributed by atoms with Crippen molar-refractivity contribution in [2.45, 2.75) is 13.1 Å². The van der Waals surface area contributed by atoms with Crippen LogP contribution in [0.15, 0.2) is 48.9 Å². The summed E-state index contributed by atoms with van der Waals surface area (Å²) in [4.78, 5) is 6.14. The molecule has 0 saturated heterocycles. The zero-order valence-electron chi connectivity index (χ0n) is 14.2. The van der Waals surface area contributed by atoms with Gasteiger partial charge in [0.15, 0.2) is 0 Å². The summed E-state index contributed by atoms with van der Waals surface area (Å²) < 4.78 is 7.28. The van der Waals surface area contributed by atoms with Gasteiger partial charge in [-0.1, -0.05) is 5.21 Å². The Hall–Kier alpha value is -2.73. The standard InChI is InChI=1S/C18H21N5O/c1-22(2)12-16-10-15(4-5-18(16)24-3)17-13-23(21-20-17)11-14-6-8-19-9-7-14/h4-10,13H,11-12H2,1-3H3. The Balaban J connectivity index is 1.84. The molecule has 0 aliphatic heterocycles. The first-order valence-electron chi connectivity index (χ1n) is 7.77. The number of methoxy groups -OCH3 is 1. The number of hydrogen-bond acceptors (Lipinski definition) is 5. The van der Waals surface area contributed by atoms with Crippen LogP contribution in [0.4, 0.5) is 0 Å². The zero-order chi connectivity index (χ0) is 16.9. The average molecular weight is 323 g/mol. The van der Waals surface area contributed by atoms with Crippen LogP contribution in [0.5, 0.6) is 5.75 Å². The van der Waals surface area contributed by atoms with Gasteiger partial charge in [0.2, 0.25) is 0 Å². The third-order valence-electron chi connectivity index (χ3n) is 3.70. The summed E-state index contributed by atoms with van der Waals surface area (Å²) in [6, 6.07) is 10.1. The Morgan fingerprint density at radius 1 is 1.12 bits per heavy atom. The van der Waals surface area contributed by atoms with Crippen LogP contribution >= 0.6 is 0 Å². The molecule has 3 rings (SSSR count). The quantitative estimate of drug-likeness (QED) is 0.697. The lowest BCUT2D eigenvalue weighted by Crippen LogP contribution is -2.11. The lowest BCUT2D eigenvalue weighted by atomic mass is 10.1. The van der Waals surface area contributed by atoms with Crippen LogP contribution in [0.1, 0.15) is 11.1 Å². The molecule has 6 nitrogen and oxygen atoms in total.